The lowest BCUT2D eigenvalue weighted by Gasteiger charge is -2.04. The standard InChI is InChI=1S/C16H12N4O/c21-16-19-10-4-3-7-15(19)18-20(16)11-12-8-9-17-14-6-2-1-5-13(12)14/h1-10H,11H2. The summed E-state index contributed by atoms with van der Waals surface area (Å²) in [6.45, 7) is 0.434. The van der Waals surface area contributed by atoms with Gasteiger partial charge in [-0.05, 0) is 29.8 Å². The molecule has 0 fully saturated rings. The van der Waals surface area contributed by atoms with Crippen LogP contribution in [-0.4, -0.2) is 19.2 Å². The van der Waals surface area contributed by atoms with Crippen molar-refractivity contribution in [1.82, 2.24) is 19.2 Å². The smallest absolute Gasteiger partial charge is 0.256 e. The molecule has 0 unspecified atom stereocenters. The number of aromatic nitrogens is 4. The number of hydrogen-bond donors (Lipinski definition) is 0. The summed E-state index contributed by atoms with van der Waals surface area (Å²) in [5.41, 5.74) is 2.48. The van der Waals surface area contributed by atoms with Crippen molar-refractivity contribution in [2.24, 2.45) is 0 Å². The van der Waals surface area contributed by atoms with Crippen LogP contribution in [0.4, 0.5) is 0 Å². The number of benzene rings is 1. The third kappa shape index (κ3) is 1.90. The summed E-state index contributed by atoms with van der Waals surface area (Å²) >= 11 is 0. The van der Waals surface area contributed by atoms with Gasteiger partial charge in [0.2, 0.25) is 0 Å². The molecule has 0 aliphatic carbocycles. The fourth-order valence-electron chi connectivity index (χ4n) is 2.53. The zero-order chi connectivity index (χ0) is 14.2. The van der Waals surface area contributed by atoms with Gasteiger partial charge >= 0.3 is 5.69 Å². The van der Waals surface area contributed by atoms with E-state index in [0.29, 0.717) is 12.2 Å². The summed E-state index contributed by atoms with van der Waals surface area (Å²) in [6.07, 6.45) is 3.49. The van der Waals surface area contributed by atoms with Crippen molar-refractivity contribution >= 4 is 16.6 Å². The van der Waals surface area contributed by atoms with Crippen LogP contribution in [-0.2, 0) is 6.54 Å². The molecule has 5 heteroatoms. The molecule has 21 heavy (non-hydrogen) atoms. The fraction of sp³-hybridized carbons (Fsp3) is 0.0625. The first-order valence-corrected chi connectivity index (χ1v) is 6.70. The molecule has 0 atom stereocenters. The average Bonchev–Trinajstić information content (AvgIpc) is 2.85. The second kappa shape index (κ2) is 4.56. The minimum atomic E-state index is -0.133. The fourth-order valence-corrected chi connectivity index (χ4v) is 2.53. The number of nitrogens with zero attached hydrogens (tertiary/aromatic N) is 4. The topological polar surface area (TPSA) is 52.2 Å². The Balaban J connectivity index is 1.87. The van der Waals surface area contributed by atoms with E-state index in [9.17, 15) is 4.79 Å². The lowest BCUT2D eigenvalue weighted by molar-refractivity contribution is 0.661. The molecule has 3 aromatic heterocycles. The van der Waals surface area contributed by atoms with Gasteiger partial charge in [-0.2, -0.15) is 0 Å². The van der Waals surface area contributed by atoms with E-state index >= 15 is 0 Å². The van der Waals surface area contributed by atoms with Crippen LogP contribution < -0.4 is 5.69 Å². The minimum absolute atomic E-state index is 0.133. The van der Waals surface area contributed by atoms with Gasteiger partial charge in [-0.25, -0.2) is 9.48 Å². The van der Waals surface area contributed by atoms with Gasteiger partial charge < -0.3 is 0 Å². The maximum absolute atomic E-state index is 12.3. The SMILES string of the molecule is O=c1n(Cc2ccnc3ccccc23)nc2ccccn12. The van der Waals surface area contributed by atoms with Crippen molar-refractivity contribution < 1.29 is 0 Å². The van der Waals surface area contributed by atoms with Gasteiger partial charge in [-0.3, -0.25) is 9.38 Å². The average molecular weight is 276 g/mol. The Morgan fingerprint density at radius 3 is 2.76 bits per heavy atom. The Morgan fingerprint density at radius 2 is 1.86 bits per heavy atom. The lowest BCUT2D eigenvalue weighted by Crippen LogP contribution is -2.21. The van der Waals surface area contributed by atoms with Crippen LogP contribution in [0.15, 0.2) is 65.7 Å². The maximum atomic E-state index is 12.3. The molecule has 0 amide bonds. The molecule has 0 spiro atoms. The third-order valence-electron chi connectivity index (χ3n) is 3.55. The van der Waals surface area contributed by atoms with Crippen molar-refractivity contribution in [3.63, 3.8) is 0 Å². The van der Waals surface area contributed by atoms with Gasteiger partial charge in [0, 0.05) is 17.8 Å². The van der Waals surface area contributed by atoms with E-state index in [1.165, 1.54) is 4.68 Å². The number of pyridine rings is 2. The van der Waals surface area contributed by atoms with Gasteiger partial charge in [0.05, 0.1) is 12.1 Å². The molecule has 102 valence electrons. The number of rotatable bonds is 2. The van der Waals surface area contributed by atoms with Crippen LogP contribution in [0.2, 0.25) is 0 Å². The predicted molar refractivity (Wildman–Crippen MR) is 80.3 cm³/mol. The molecule has 0 radical (unpaired) electrons. The quantitative estimate of drug-likeness (QED) is 0.563. The summed E-state index contributed by atoms with van der Waals surface area (Å²) in [7, 11) is 0. The first-order chi connectivity index (χ1) is 10.3. The molecule has 0 saturated heterocycles. The summed E-state index contributed by atoms with van der Waals surface area (Å²) in [6, 6.07) is 15.3. The molecular formula is C16H12N4O. The third-order valence-corrected chi connectivity index (χ3v) is 3.55. The van der Waals surface area contributed by atoms with Crippen molar-refractivity contribution in [1.29, 1.82) is 0 Å². The Labute approximate surface area is 120 Å². The molecule has 0 aliphatic rings. The highest BCUT2D eigenvalue weighted by molar-refractivity contribution is 5.81. The molecule has 0 saturated carbocycles. The zero-order valence-corrected chi connectivity index (χ0v) is 11.2. The van der Waals surface area contributed by atoms with E-state index < -0.39 is 0 Å². The Hall–Kier alpha value is -2.95. The van der Waals surface area contributed by atoms with Crippen LogP contribution in [0.25, 0.3) is 16.6 Å². The maximum Gasteiger partial charge on any atom is 0.350 e. The second-order valence-electron chi connectivity index (χ2n) is 4.86. The largest absolute Gasteiger partial charge is 0.350 e. The lowest BCUT2D eigenvalue weighted by atomic mass is 10.1. The molecule has 4 aromatic rings. The van der Waals surface area contributed by atoms with Crippen LogP contribution in [0.3, 0.4) is 0 Å². The summed E-state index contributed by atoms with van der Waals surface area (Å²) in [5, 5.41) is 5.41. The highest BCUT2D eigenvalue weighted by atomic mass is 16.2. The first-order valence-electron chi connectivity index (χ1n) is 6.70. The van der Waals surface area contributed by atoms with Crippen LogP contribution in [0.1, 0.15) is 5.56 Å². The van der Waals surface area contributed by atoms with Gasteiger partial charge in [0.1, 0.15) is 0 Å². The molecule has 3 heterocycles. The normalized spacial score (nSPS) is 11.2. The van der Waals surface area contributed by atoms with Crippen molar-refractivity contribution in [3.8, 4) is 0 Å². The summed E-state index contributed by atoms with van der Waals surface area (Å²) in [4.78, 5) is 16.7. The minimum Gasteiger partial charge on any atom is -0.256 e. The van der Waals surface area contributed by atoms with E-state index in [-0.39, 0.29) is 5.69 Å². The summed E-state index contributed by atoms with van der Waals surface area (Å²) < 4.78 is 3.03. The molecule has 1 aromatic carbocycles. The Morgan fingerprint density at radius 1 is 1.00 bits per heavy atom. The molecular weight excluding hydrogens is 264 g/mol. The molecule has 4 rings (SSSR count). The van der Waals surface area contributed by atoms with Crippen molar-refractivity contribution in [3.05, 3.63) is 77.0 Å². The van der Waals surface area contributed by atoms with Gasteiger partial charge in [-0.15, -0.1) is 5.10 Å². The highest BCUT2D eigenvalue weighted by Crippen LogP contribution is 2.16. The molecule has 5 nitrogen and oxygen atoms in total. The van der Waals surface area contributed by atoms with E-state index in [1.807, 2.05) is 48.5 Å². The van der Waals surface area contributed by atoms with Crippen LogP contribution in [0.5, 0.6) is 0 Å². The first kappa shape index (κ1) is 11.8. The Kier molecular flexibility index (Phi) is 2.57. The number of para-hydroxylation sites is 1. The molecule has 0 bridgehead atoms. The monoisotopic (exact) mass is 276 g/mol. The number of fused-ring (bicyclic) bond motifs is 2. The van der Waals surface area contributed by atoms with Gasteiger partial charge in [-0.1, -0.05) is 24.3 Å². The van der Waals surface area contributed by atoms with E-state index in [0.717, 1.165) is 16.5 Å². The van der Waals surface area contributed by atoms with E-state index in [1.54, 1.807) is 16.8 Å². The Bertz CT molecular complexity index is 994. The van der Waals surface area contributed by atoms with Gasteiger partial charge in [0.15, 0.2) is 5.65 Å². The highest BCUT2D eigenvalue weighted by Gasteiger charge is 2.08. The number of hydrogen-bond acceptors (Lipinski definition) is 3. The zero-order valence-electron chi connectivity index (χ0n) is 11.2. The van der Waals surface area contributed by atoms with E-state index in [2.05, 4.69) is 10.1 Å². The van der Waals surface area contributed by atoms with Crippen LogP contribution in [0, 0.1) is 0 Å². The molecule has 0 aliphatic heterocycles. The molecule has 0 N–H and O–H groups in total. The van der Waals surface area contributed by atoms with E-state index in [4.69, 9.17) is 0 Å². The van der Waals surface area contributed by atoms with Crippen molar-refractivity contribution in [2.45, 2.75) is 6.54 Å². The van der Waals surface area contributed by atoms with Crippen LogP contribution >= 0.6 is 0 Å². The summed E-state index contributed by atoms with van der Waals surface area (Å²) in [5.74, 6) is 0. The van der Waals surface area contributed by atoms with Crippen molar-refractivity contribution in [2.75, 3.05) is 0 Å². The second-order valence-corrected chi connectivity index (χ2v) is 4.86. The van der Waals surface area contributed by atoms with Gasteiger partial charge in [0.25, 0.3) is 0 Å². The predicted octanol–water partition coefficient (Wildman–Crippen LogP) is 2.09.